The second-order valence-corrected chi connectivity index (χ2v) is 2.28. The molecule has 2 nitrogen and oxygen atoms in total. The highest BCUT2D eigenvalue weighted by molar-refractivity contribution is 7.99. The van der Waals surface area contributed by atoms with Crippen LogP contribution in [-0.4, -0.2) is 24.5 Å². The van der Waals surface area contributed by atoms with Gasteiger partial charge in [0.15, 0.2) is 0 Å². The molecule has 0 radical (unpaired) electrons. The van der Waals surface area contributed by atoms with E-state index in [1.165, 1.54) is 11.8 Å². The molecule has 0 aromatic carbocycles. The molecule has 0 saturated carbocycles. The molecule has 0 bridgehead atoms. The molecule has 0 aliphatic rings. The predicted octanol–water partition coefficient (Wildman–Crippen LogP) is 0.0988. The fourth-order valence-electron chi connectivity index (χ4n) is 0.332. The number of carbonyl (C=O) groups excluding carboxylic acids is 1. The van der Waals surface area contributed by atoms with E-state index in [2.05, 4.69) is 11.2 Å². The van der Waals surface area contributed by atoms with Gasteiger partial charge in [0.05, 0.1) is 12.3 Å². The lowest BCUT2D eigenvalue weighted by Gasteiger charge is -1.95. The Morgan fingerprint density at radius 1 is 1.89 bits per heavy atom. The lowest BCUT2D eigenvalue weighted by Crippen LogP contribution is -2.24. The maximum absolute atomic E-state index is 10.6. The largest absolute Gasteiger partial charge is 0.344 e. The highest BCUT2D eigenvalue weighted by Crippen LogP contribution is 1.87. The first-order chi connectivity index (χ1) is 4.31. The number of terminal acetylenes is 1. The standard InChI is InChI=1S/C6H9NOS/c1-3-4-7-6(8)5-9-2/h1H,4-5H2,2H3,(H,7,8). The summed E-state index contributed by atoms with van der Waals surface area (Å²) >= 11 is 1.48. The van der Waals surface area contributed by atoms with Crippen molar-refractivity contribution in [2.45, 2.75) is 0 Å². The first-order valence-corrected chi connectivity index (χ1v) is 3.89. The number of carbonyl (C=O) groups is 1. The number of hydrogen-bond acceptors (Lipinski definition) is 2. The van der Waals surface area contributed by atoms with E-state index in [-0.39, 0.29) is 5.91 Å². The van der Waals surface area contributed by atoms with Crippen LogP contribution in [0.2, 0.25) is 0 Å². The number of rotatable bonds is 3. The summed E-state index contributed by atoms with van der Waals surface area (Å²) in [6.45, 7) is 0.333. The van der Waals surface area contributed by atoms with E-state index in [0.717, 1.165) is 0 Å². The molecule has 0 rings (SSSR count). The quantitative estimate of drug-likeness (QED) is 0.568. The smallest absolute Gasteiger partial charge is 0.230 e. The molecule has 1 amide bonds. The Hall–Kier alpha value is -0.620. The lowest BCUT2D eigenvalue weighted by molar-refractivity contribution is -0.118. The van der Waals surface area contributed by atoms with Gasteiger partial charge in [-0.25, -0.2) is 0 Å². The van der Waals surface area contributed by atoms with Gasteiger partial charge in [-0.05, 0) is 6.26 Å². The molecule has 0 unspecified atom stereocenters. The molecule has 0 saturated heterocycles. The average molecular weight is 143 g/mol. The van der Waals surface area contributed by atoms with Gasteiger partial charge in [-0.15, -0.1) is 6.42 Å². The molecule has 0 aromatic rings. The summed E-state index contributed by atoms with van der Waals surface area (Å²) in [5.74, 6) is 2.80. The van der Waals surface area contributed by atoms with Crippen molar-refractivity contribution in [1.82, 2.24) is 5.32 Å². The van der Waals surface area contributed by atoms with Gasteiger partial charge >= 0.3 is 0 Å². The third-order valence-corrected chi connectivity index (χ3v) is 1.21. The van der Waals surface area contributed by atoms with Gasteiger partial charge in [-0.3, -0.25) is 4.79 Å². The van der Waals surface area contributed by atoms with Crippen LogP contribution in [0.1, 0.15) is 0 Å². The second kappa shape index (κ2) is 5.52. The summed E-state index contributed by atoms with van der Waals surface area (Å²) in [4.78, 5) is 10.6. The van der Waals surface area contributed by atoms with Crippen LogP contribution in [0.15, 0.2) is 0 Å². The Morgan fingerprint density at radius 3 is 3.00 bits per heavy atom. The summed E-state index contributed by atoms with van der Waals surface area (Å²) in [5.41, 5.74) is 0. The maximum atomic E-state index is 10.6. The van der Waals surface area contributed by atoms with Gasteiger partial charge in [0, 0.05) is 0 Å². The minimum atomic E-state index is 0.000417. The zero-order chi connectivity index (χ0) is 7.11. The van der Waals surface area contributed by atoms with Crippen LogP contribution < -0.4 is 5.32 Å². The highest BCUT2D eigenvalue weighted by Gasteiger charge is 1.94. The molecule has 0 aliphatic heterocycles. The second-order valence-electron chi connectivity index (χ2n) is 1.41. The lowest BCUT2D eigenvalue weighted by atomic mass is 10.6. The molecule has 0 aromatic heterocycles. The molecule has 0 fully saturated rings. The minimum Gasteiger partial charge on any atom is -0.344 e. The summed E-state index contributed by atoms with van der Waals surface area (Å²) in [7, 11) is 0. The number of hydrogen-bond donors (Lipinski definition) is 1. The molecular formula is C6H9NOS. The summed E-state index contributed by atoms with van der Waals surface area (Å²) in [6.07, 6.45) is 6.77. The molecule has 0 heterocycles. The average Bonchev–Trinajstić information content (AvgIpc) is 1.85. The molecule has 0 atom stereocenters. The van der Waals surface area contributed by atoms with E-state index in [4.69, 9.17) is 6.42 Å². The Bertz CT molecular complexity index is 128. The van der Waals surface area contributed by atoms with Gasteiger partial charge in [0.25, 0.3) is 0 Å². The molecule has 50 valence electrons. The normalized spacial score (nSPS) is 8.00. The molecule has 3 heteroatoms. The van der Waals surface area contributed by atoms with Crippen molar-refractivity contribution in [3.05, 3.63) is 0 Å². The van der Waals surface area contributed by atoms with Crippen LogP contribution in [0.5, 0.6) is 0 Å². The summed E-state index contributed by atoms with van der Waals surface area (Å²) in [5, 5.41) is 2.54. The fraction of sp³-hybridized carbons (Fsp3) is 0.500. The van der Waals surface area contributed by atoms with Crippen LogP contribution in [-0.2, 0) is 4.79 Å². The van der Waals surface area contributed by atoms with E-state index < -0.39 is 0 Å². The Labute approximate surface area is 59.4 Å². The van der Waals surface area contributed by atoms with E-state index in [9.17, 15) is 4.79 Å². The molecule has 1 N–H and O–H groups in total. The van der Waals surface area contributed by atoms with Crippen molar-refractivity contribution >= 4 is 17.7 Å². The van der Waals surface area contributed by atoms with E-state index >= 15 is 0 Å². The summed E-state index contributed by atoms with van der Waals surface area (Å²) in [6, 6.07) is 0. The molecule has 9 heavy (non-hydrogen) atoms. The minimum absolute atomic E-state index is 0.000417. The topological polar surface area (TPSA) is 29.1 Å². The highest BCUT2D eigenvalue weighted by atomic mass is 32.2. The van der Waals surface area contributed by atoms with Gasteiger partial charge < -0.3 is 5.32 Å². The fourth-order valence-corrected chi connectivity index (χ4v) is 0.696. The van der Waals surface area contributed by atoms with E-state index in [1.54, 1.807) is 0 Å². The molecule has 0 spiro atoms. The van der Waals surface area contributed by atoms with Crippen LogP contribution in [0.4, 0.5) is 0 Å². The SMILES string of the molecule is C#CCNC(=O)CSC. The van der Waals surface area contributed by atoms with Crippen molar-refractivity contribution in [1.29, 1.82) is 0 Å². The predicted molar refractivity (Wildman–Crippen MR) is 40.2 cm³/mol. The Balaban J connectivity index is 3.19. The Kier molecular flexibility index (Phi) is 5.14. The zero-order valence-electron chi connectivity index (χ0n) is 5.31. The maximum Gasteiger partial charge on any atom is 0.230 e. The molecule has 0 aliphatic carbocycles. The van der Waals surface area contributed by atoms with E-state index in [1.807, 2.05) is 6.26 Å². The van der Waals surface area contributed by atoms with Crippen molar-refractivity contribution in [2.75, 3.05) is 18.6 Å². The van der Waals surface area contributed by atoms with Crippen LogP contribution in [0.3, 0.4) is 0 Å². The zero-order valence-corrected chi connectivity index (χ0v) is 6.12. The van der Waals surface area contributed by atoms with Gasteiger partial charge in [-0.1, -0.05) is 5.92 Å². The van der Waals surface area contributed by atoms with Crippen molar-refractivity contribution in [3.8, 4) is 12.3 Å². The van der Waals surface area contributed by atoms with Crippen LogP contribution >= 0.6 is 11.8 Å². The molecular weight excluding hydrogens is 134 g/mol. The van der Waals surface area contributed by atoms with Crippen LogP contribution in [0, 0.1) is 12.3 Å². The number of amides is 1. The van der Waals surface area contributed by atoms with E-state index in [0.29, 0.717) is 12.3 Å². The first-order valence-electron chi connectivity index (χ1n) is 2.50. The third kappa shape index (κ3) is 5.25. The van der Waals surface area contributed by atoms with Crippen molar-refractivity contribution in [3.63, 3.8) is 0 Å². The van der Waals surface area contributed by atoms with Crippen LogP contribution in [0.25, 0.3) is 0 Å². The van der Waals surface area contributed by atoms with Gasteiger partial charge in [0.2, 0.25) is 5.91 Å². The van der Waals surface area contributed by atoms with Gasteiger partial charge in [0.1, 0.15) is 0 Å². The summed E-state index contributed by atoms with van der Waals surface area (Å²) < 4.78 is 0. The number of nitrogens with one attached hydrogen (secondary N) is 1. The monoisotopic (exact) mass is 143 g/mol. The third-order valence-electron chi connectivity index (χ3n) is 0.663. The first kappa shape index (κ1) is 8.38. The van der Waals surface area contributed by atoms with Crippen molar-refractivity contribution in [2.24, 2.45) is 0 Å². The number of thioether (sulfide) groups is 1. The Morgan fingerprint density at radius 2 is 2.56 bits per heavy atom. The van der Waals surface area contributed by atoms with Gasteiger partial charge in [-0.2, -0.15) is 11.8 Å². The van der Waals surface area contributed by atoms with Crippen molar-refractivity contribution < 1.29 is 4.79 Å².